The van der Waals surface area contributed by atoms with Gasteiger partial charge in [-0.2, -0.15) is 0 Å². The van der Waals surface area contributed by atoms with Crippen LogP contribution in [0, 0.1) is 0 Å². The summed E-state index contributed by atoms with van der Waals surface area (Å²) in [6.45, 7) is 0. The number of hydrogen-bond donors (Lipinski definition) is 0. The number of hydrogen-bond acceptors (Lipinski definition) is 1. The zero-order valence-corrected chi connectivity index (χ0v) is 11.5. The monoisotopic (exact) mass is 398 g/mol. The van der Waals surface area contributed by atoms with Crippen molar-refractivity contribution in [1.29, 1.82) is 0 Å². The Morgan fingerprint density at radius 2 is 1.47 bits per heavy atom. The zero-order chi connectivity index (χ0) is 10.8. The molecule has 85 valence electrons. The summed E-state index contributed by atoms with van der Waals surface area (Å²) in [5, 5.41) is 2.51. The van der Waals surface area contributed by atoms with Crippen molar-refractivity contribution < 1.29 is 20.1 Å². The van der Waals surface area contributed by atoms with E-state index in [2.05, 4.69) is 47.4 Å². The largest absolute Gasteiger partial charge is 0.256 e. The van der Waals surface area contributed by atoms with Crippen molar-refractivity contribution in [2.75, 3.05) is 0 Å². The normalized spacial score (nSPS) is 9.88. The van der Waals surface area contributed by atoms with Crippen molar-refractivity contribution in [2.45, 2.75) is 0 Å². The van der Waals surface area contributed by atoms with Gasteiger partial charge in [0, 0.05) is 31.9 Å². The van der Waals surface area contributed by atoms with Gasteiger partial charge in [0.15, 0.2) is 0 Å². The van der Waals surface area contributed by atoms with Gasteiger partial charge in [0.2, 0.25) is 0 Å². The molecule has 0 unspecified atom stereocenters. The molecule has 3 aromatic rings. The van der Waals surface area contributed by atoms with Gasteiger partial charge in [0.1, 0.15) is 0 Å². The minimum absolute atomic E-state index is 0. The van der Waals surface area contributed by atoms with Crippen molar-refractivity contribution in [3.8, 4) is 11.3 Å². The van der Waals surface area contributed by atoms with E-state index in [9.17, 15) is 0 Å². The van der Waals surface area contributed by atoms with Crippen LogP contribution in [0.2, 0.25) is 0 Å². The molecular weight excluding hydrogens is 386 g/mol. The first-order chi connectivity index (χ1) is 7.95. The van der Waals surface area contributed by atoms with Crippen LogP contribution in [0.5, 0.6) is 0 Å². The second-order valence-electron chi connectivity index (χ2n) is 3.74. The summed E-state index contributed by atoms with van der Waals surface area (Å²) in [4.78, 5) is 4.40. The molecule has 0 amide bonds. The van der Waals surface area contributed by atoms with E-state index in [1.807, 2.05) is 24.4 Å². The third-order valence-electron chi connectivity index (χ3n) is 2.73. The maximum Gasteiger partial charge on any atom is 0.0708 e. The molecule has 1 heterocycles. The number of benzene rings is 2. The first-order valence-corrected chi connectivity index (χ1v) is 5.34. The number of aromatic nitrogens is 1. The van der Waals surface area contributed by atoms with Crippen molar-refractivity contribution in [3.05, 3.63) is 66.9 Å². The molecule has 3 rings (SSSR count). The molecule has 0 saturated carbocycles. The van der Waals surface area contributed by atoms with E-state index in [4.69, 9.17) is 0 Å². The van der Waals surface area contributed by atoms with Crippen LogP contribution in [0.15, 0.2) is 66.9 Å². The molecule has 2 aromatic carbocycles. The van der Waals surface area contributed by atoms with Gasteiger partial charge in [-0.3, -0.25) is 4.98 Å². The minimum Gasteiger partial charge on any atom is -0.256 e. The fourth-order valence-corrected chi connectivity index (χ4v) is 1.97. The molecule has 0 fully saturated rings. The number of pyridine rings is 1. The number of rotatable bonds is 1. The fraction of sp³-hybridized carbons (Fsp3) is 0. The van der Waals surface area contributed by atoms with Gasteiger partial charge in [-0.25, -0.2) is 0 Å². The van der Waals surface area contributed by atoms with Crippen LogP contribution in [0.3, 0.4) is 0 Å². The quantitative estimate of drug-likeness (QED) is 0.607. The van der Waals surface area contributed by atoms with Gasteiger partial charge in [0.05, 0.1) is 5.69 Å². The van der Waals surface area contributed by atoms with Crippen molar-refractivity contribution in [3.63, 3.8) is 0 Å². The molecule has 0 atom stereocenters. The Morgan fingerprint density at radius 3 is 2.29 bits per heavy atom. The summed E-state index contributed by atoms with van der Waals surface area (Å²) < 4.78 is 0. The Kier molecular flexibility index (Phi) is 3.68. The van der Waals surface area contributed by atoms with Crippen molar-refractivity contribution in [1.82, 2.24) is 4.98 Å². The Hall–Kier alpha value is -1.50. The molecule has 17 heavy (non-hydrogen) atoms. The summed E-state index contributed by atoms with van der Waals surface area (Å²) >= 11 is 0. The third kappa shape index (κ3) is 2.28. The van der Waals surface area contributed by atoms with Crippen LogP contribution >= 0.6 is 0 Å². The Bertz CT molecular complexity index is 615. The van der Waals surface area contributed by atoms with E-state index < -0.39 is 0 Å². The van der Waals surface area contributed by atoms with Crippen LogP contribution < -0.4 is 0 Å². The summed E-state index contributed by atoms with van der Waals surface area (Å²) in [5.74, 6) is 0. The average molecular weight is 397 g/mol. The second kappa shape index (κ2) is 5.22. The standard InChI is InChI=1S/C15H11N.Ir/c1-2-8-13-12(6-1)7-5-9-14(13)15-10-3-4-11-16-15;/h1-11H;. The second-order valence-corrected chi connectivity index (χ2v) is 3.74. The molecule has 0 N–H and O–H groups in total. The van der Waals surface area contributed by atoms with Crippen LogP contribution in [-0.4, -0.2) is 4.98 Å². The van der Waals surface area contributed by atoms with Crippen LogP contribution in [-0.2, 0) is 20.1 Å². The molecule has 0 aliphatic rings. The fourth-order valence-electron chi connectivity index (χ4n) is 1.97. The summed E-state index contributed by atoms with van der Waals surface area (Å²) in [6.07, 6.45) is 1.83. The first-order valence-electron chi connectivity index (χ1n) is 5.34. The molecule has 0 aliphatic carbocycles. The molecule has 1 nitrogen and oxygen atoms in total. The van der Waals surface area contributed by atoms with Crippen LogP contribution in [0.1, 0.15) is 0 Å². The van der Waals surface area contributed by atoms with Gasteiger partial charge in [0.25, 0.3) is 0 Å². The smallest absolute Gasteiger partial charge is 0.0708 e. The SMILES string of the molecule is [Ir].c1ccc(-c2cccc3ccccc23)nc1. The molecule has 1 aromatic heterocycles. The summed E-state index contributed by atoms with van der Waals surface area (Å²) in [7, 11) is 0. The maximum atomic E-state index is 4.40. The van der Waals surface area contributed by atoms with E-state index in [0.717, 1.165) is 5.69 Å². The average Bonchev–Trinajstić information content (AvgIpc) is 2.39. The summed E-state index contributed by atoms with van der Waals surface area (Å²) in [5.41, 5.74) is 2.22. The minimum atomic E-state index is 0. The van der Waals surface area contributed by atoms with Crippen molar-refractivity contribution >= 4 is 10.8 Å². The van der Waals surface area contributed by atoms with Gasteiger partial charge >= 0.3 is 0 Å². The Morgan fingerprint density at radius 1 is 0.706 bits per heavy atom. The number of fused-ring (bicyclic) bond motifs is 1. The van der Waals surface area contributed by atoms with E-state index in [0.29, 0.717) is 0 Å². The maximum absolute atomic E-state index is 4.40. The predicted molar refractivity (Wildman–Crippen MR) is 67.2 cm³/mol. The molecule has 2 heteroatoms. The van der Waals surface area contributed by atoms with Gasteiger partial charge in [-0.1, -0.05) is 48.5 Å². The van der Waals surface area contributed by atoms with E-state index in [1.54, 1.807) is 0 Å². The third-order valence-corrected chi connectivity index (χ3v) is 2.73. The van der Waals surface area contributed by atoms with E-state index in [1.165, 1.54) is 16.3 Å². The van der Waals surface area contributed by atoms with E-state index >= 15 is 0 Å². The van der Waals surface area contributed by atoms with Crippen LogP contribution in [0.4, 0.5) is 0 Å². The molecule has 0 saturated heterocycles. The topological polar surface area (TPSA) is 12.9 Å². The van der Waals surface area contributed by atoms with Gasteiger partial charge < -0.3 is 0 Å². The van der Waals surface area contributed by atoms with Crippen molar-refractivity contribution in [2.24, 2.45) is 0 Å². The van der Waals surface area contributed by atoms with Gasteiger partial charge in [-0.05, 0) is 22.9 Å². The van der Waals surface area contributed by atoms with Gasteiger partial charge in [-0.15, -0.1) is 0 Å². The predicted octanol–water partition coefficient (Wildman–Crippen LogP) is 3.90. The molecule has 1 radical (unpaired) electrons. The molecule has 0 spiro atoms. The van der Waals surface area contributed by atoms with Crippen LogP contribution in [0.25, 0.3) is 22.0 Å². The molecule has 0 aliphatic heterocycles. The Balaban J connectivity index is 0.00000108. The zero-order valence-electron chi connectivity index (χ0n) is 9.13. The molecule has 0 bridgehead atoms. The number of nitrogens with zero attached hydrogens (tertiary/aromatic N) is 1. The van der Waals surface area contributed by atoms with E-state index in [-0.39, 0.29) is 20.1 Å². The summed E-state index contributed by atoms with van der Waals surface area (Å²) in [6, 6.07) is 20.7. The first kappa shape index (κ1) is 12.0. The molecular formula is C15H11IrN. The Labute approximate surface area is 114 Å².